The van der Waals surface area contributed by atoms with E-state index in [9.17, 15) is 0 Å². The standard InChI is InChI=1S/C5H13Si.BrH.Mg/c1-4-6(3)5-2;;/h6H,3-5H2,1-2H3;1H;/q-1;;+2/p-1. The summed E-state index contributed by atoms with van der Waals surface area (Å²) in [6, 6.07) is 2.72. The van der Waals surface area contributed by atoms with Gasteiger partial charge in [-0.3, -0.25) is 0 Å². The van der Waals surface area contributed by atoms with Crippen LogP contribution in [0.3, 0.4) is 0 Å². The molecule has 0 rings (SSSR count). The summed E-state index contributed by atoms with van der Waals surface area (Å²) >= 11 is 0. The maximum absolute atomic E-state index is 4.01. The van der Waals surface area contributed by atoms with E-state index < -0.39 is 8.80 Å². The molecule has 0 bridgehead atoms. The maximum atomic E-state index is 4.01. The molecule has 0 N–H and O–H groups in total. The molecule has 0 amide bonds. The van der Waals surface area contributed by atoms with E-state index in [1.54, 1.807) is 0 Å². The average molecular weight is 205 g/mol. The number of hydrogen-bond acceptors (Lipinski definition) is 0. The van der Waals surface area contributed by atoms with Gasteiger partial charge in [0, 0.05) is 0 Å². The topological polar surface area (TPSA) is 0 Å². The van der Waals surface area contributed by atoms with Gasteiger partial charge < -0.3 is 23.5 Å². The molecule has 0 nitrogen and oxygen atoms in total. The monoisotopic (exact) mass is 204 g/mol. The Kier molecular flexibility index (Phi) is 22.9. The molecule has 8 heavy (non-hydrogen) atoms. The minimum atomic E-state index is -0.410. The second-order valence-corrected chi connectivity index (χ2v) is 5.05. The fourth-order valence-electron chi connectivity index (χ4n) is 0.289. The van der Waals surface area contributed by atoms with Crippen molar-refractivity contribution in [1.29, 1.82) is 0 Å². The van der Waals surface area contributed by atoms with Crippen LogP contribution in [-0.2, 0) is 0 Å². The molecule has 3 heteroatoms. The minimum Gasteiger partial charge on any atom is -1.00 e. The molecule has 0 saturated heterocycles. The van der Waals surface area contributed by atoms with Gasteiger partial charge in [0.25, 0.3) is 0 Å². The van der Waals surface area contributed by atoms with E-state index in [1.807, 2.05) is 0 Å². The van der Waals surface area contributed by atoms with Gasteiger partial charge in [-0.2, -0.15) is 0 Å². The summed E-state index contributed by atoms with van der Waals surface area (Å²) in [5.41, 5.74) is 0. The average Bonchev–Trinajstić information content (AvgIpc) is 1.65. The van der Waals surface area contributed by atoms with Crippen LogP contribution in [-0.4, -0.2) is 31.8 Å². The predicted octanol–water partition coefficient (Wildman–Crippen LogP) is -1.75. The quantitative estimate of drug-likeness (QED) is 0.371. The van der Waals surface area contributed by atoms with E-state index in [0.717, 1.165) is 0 Å². The van der Waals surface area contributed by atoms with Crippen LogP contribution in [0.5, 0.6) is 0 Å². The first kappa shape index (κ1) is 16.2. The van der Waals surface area contributed by atoms with Crippen molar-refractivity contribution in [3.05, 3.63) is 6.55 Å². The molecule has 0 atom stereocenters. The molecule has 0 aromatic rings. The summed E-state index contributed by atoms with van der Waals surface area (Å²) in [5, 5.41) is 0. The first-order chi connectivity index (χ1) is 2.81. The van der Waals surface area contributed by atoms with Crippen LogP contribution < -0.4 is 17.0 Å². The Morgan fingerprint density at radius 1 is 1.25 bits per heavy atom. The molecular formula is C5H13BrMgSi. The Hall–Kier alpha value is 1.46. The zero-order valence-electron chi connectivity index (χ0n) is 5.78. The van der Waals surface area contributed by atoms with Crippen molar-refractivity contribution >= 4 is 31.8 Å². The number of rotatable bonds is 2. The summed E-state index contributed by atoms with van der Waals surface area (Å²) in [6.45, 7) is 8.47. The zero-order valence-corrected chi connectivity index (χ0v) is 9.94. The molecule has 0 unspecified atom stereocenters. The Morgan fingerprint density at radius 2 is 1.50 bits per heavy atom. The van der Waals surface area contributed by atoms with Crippen molar-refractivity contribution in [2.24, 2.45) is 0 Å². The molecule has 0 aliphatic heterocycles. The van der Waals surface area contributed by atoms with Gasteiger partial charge >= 0.3 is 23.1 Å². The summed E-state index contributed by atoms with van der Waals surface area (Å²) in [5.74, 6) is 0. The fraction of sp³-hybridized carbons (Fsp3) is 0.800. The second kappa shape index (κ2) is 11.3. The Morgan fingerprint density at radius 3 is 1.50 bits per heavy atom. The Labute approximate surface area is 81.0 Å². The van der Waals surface area contributed by atoms with E-state index in [-0.39, 0.29) is 40.0 Å². The van der Waals surface area contributed by atoms with E-state index in [2.05, 4.69) is 20.4 Å². The van der Waals surface area contributed by atoms with E-state index >= 15 is 0 Å². The molecule has 0 fully saturated rings. The van der Waals surface area contributed by atoms with Crippen LogP contribution >= 0.6 is 0 Å². The van der Waals surface area contributed by atoms with Crippen LogP contribution in [0.25, 0.3) is 0 Å². The van der Waals surface area contributed by atoms with Crippen molar-refractivity contribution < 1.29 is 17.0 Å². The third kappa shape index (κ3) is 10.4. The molecule has 0 spiro atoms. The van der Waals surface area contributed by atoms with Crippen molar-refractivity contribution in [2.75, 3.05) is 0 Å². The van der Waals surface area contributed by atoms with Gasteiger partial charge in [-0.15, -0.1) is 8.80 Å². The van der Waals surface area contributed by atoms with Crippen molar-refractivity contribution in [3.8, 4) is 0 Å². The molecule has 46 valence electrons. The van der Waals surface area contributed by atoms with Crippen LogP contribution in [0.4, 0.5) is 0 Å². The first-order valence-electron chi connectivity index (χ1n) is 2.64. The van der Waals surface area contributed by atoms with E-state index in [1.165, 1.54) is 12.1 Å². The minimum absolute atomic E-state index is 0. The summed E-state index contributed by atoms with van der Waals surface area (Å²) < 4.78 is 0. The number of hydrogen-bond donors (Lipinski definition) is 0. The van der Waals surface area contributed by atoms with Crippen LogP contribution in [0.2, 0.25) is 12.1 Å². The molecule has 0 aliphatic carbocycles. The van der Waals surface area contributed by atoms with Gasteiger partial charge in [0.15, 0.2) is 0 Å². The molecule has 0 aromatic heterocycles. The molecular weight excluding hydrogens is 192 g/mol. The van der Waals surface area contributed by atoms with Crippen LogP contribution in [0, 0.1) is 6.55 Å². The van der Waals surface area contributed by atoms with Gasteiger partial charge in [-0.05, 0) is 0 Å². The first-order valence-corrected chi connectivity index (χ1v) is 5.09. The van der Waals surface area contributed by atoms with Crippen molar-refractivity contribution in [2.45, 2.75) is 25.9 Å². The van der Waals surface area contributed by atoms with Crippen LogP contribution in [0.1, 0.15) is 13.8 Å². The van der Waals surface area contributed by atoms with Crippen molar-refractivity contribution in [3.63, 3.8) is 0 Å². The third-order valence-corrected chi connectivity index (χ3v) is 3.46. The molecule has 0 radical (unpaired) electrons. The largest absolute Gasteiger partial charge is 2.00 e. The maximum Gasteiger partial charge on any atom is 2.00 e. The normalized spacial score (nSPS) is 7.50. The zero-order chi connectivity index (χ0) is 4.99. The van der Waals surface area contributed by atoms with Gasteiger partial charge in [-0.1, -0.05) is 25.9 Å². The summed E-state index contributed by atoms with van der Waals surface area (Å²) in [6.07, 6.45) is 0. The van der Waals surface area contributed by atoms with Gasteiger partial charge in [0.1, 0.15) is 0 Å². The van der Waals surface area contributed by atoms with Gasteiger partial charge in [0.2, 0.25) is 0 Å². The van der Waals surface area contributed by atoms with Gasteiger partial charge in [0.05, 0.1) is 0 Å². The summed E-state index contributed by atoms with van der Waals surface area (Å²) in [7, 11) is -0.410. The smallest absolute Gasteiger partial charge is 1.00 e. The Balaban J connectivity index is -0.000000125. The molecule has 0 aliphatic rings. The van der Waals surface area contributed by atoms with Gasteiger partial charge in [-0.25, -0.2) is 0 Å². The van der Waals surface area contributed by atoms with E-state index in [4.69, 9.17) is 0 Å². The molecule has 0 saturated carbocycles. The number of halogens is 1. The molecule has 0 heterocycles. The second-order valence-electron chi connectivity index (χ2n) is 1.68. The SMILES string of the molecule is [Br-].[CH2-][SiH](CC)CC.[Mg+2]. The van der Waals surface area contributed by atoms with E-state index in [0.29, 0.717) is 0 Å². The molecule has 0 aromatic carbocycles. The van der Waals surface area contributed by atoms with Crippen LogP contribution in [0.15, 0.2) is 0 Å². The fourth-order valence-corrected chi connectivity index (χ4v) is 0.866. The Bertz CT molecular complexity index is 31.6. The predicted molar refractivity (Wildman–Crippen MR) is 39.2 cm³/mol. The van der Waals surface area contributed by atoms with Crippen molar-refractivity contribution in [1.82, 2.24) is 0 Å². The summed E-state index contributed by atoms with van der Waals surface area (Å²) in [4.78, 5) is 0. The third-order valence-electron chi connectivity index (χ3n) is 1.15.